The van der Waals surface area contributed by atoms with Gasteiger partial charge in [0, 0.05) is 32.2 Å². The summed E-state index contributed by atoms with van der Waals surface area (Å²) >= 11 is 0. The molecule has 1 heterocycles. The van der Waals surface area contributed by atoms with Crippen LogP contribution in [0.15, 0.2) is 30.3 Å². The molecule has 156 valence electrons. The SMILES string of the molecule is C[C@@H]1CN(Cc2ccccc2CNC(=O)c2c(F)c(F)cc(F)c2F)C[C@@H](C)O1. The molecule has 4 nitrogen and oxygen atoms in total. The Bertz CT molecular complexity index is 870. The summed E-state index contributed by atoms with van der Waals surface area (Å²) in [5, 5.41) is 2.35. The summed E-state index contributed by atoms with van der Waals surface area (Å²) in [5.74, 6) is -7.89. The number of rotatable bonds is 5. The number of hydrogen-bond donors (Lipinski definition) is 1. The van der Waals surface area contributed by atoms with Crippen molar-refractivity contribution in [1.29, 1.82) is 0 Å². The highest BCUT2D eigenvalue weighted by Crippen LogP contribution is 2.20. The van der Waals surface area contributed by atoms with Crippen molar-refractivity contribution in [2.45, 2.75) is 39.1 Å². The normalized spacial score (nSPS) is 19.9. The van der Waals surface area contributed by atoms with Crippen LogP contribution in [-0.4, -0.2) is 36.1 Å². The summed E-state index contributed by atoms with van der Waals surface area (Å²) in [5.41, 5.74) is 0.404. The van der Waals surface area contributed by atoms with E-state index < -0.39 is 34.7 Å². The molecule has 0 aromatic heterocycles. The molecule has 1 amide bonds. The number of ether oxygens (including phenoxy) is 1. The number of hydrogen-bond acceptors (Lipinski definition) is 3. The second kappa shape index (κ2) is 8.92. The van der Waals surface area contributed by atoms with E-state index in [-0.39, 0.29) is 24.8 Å². The van der Waals surface area contributed by atoms with Gasteiger partial charge in [0.1, 0.15) is 5.56 Å². The van der Waals surface area contributed by atoms with Crippen LogP contribution in [-0.2, 0) is 17.8 Å². The highest BCUT2D eigenvalue weighted by molar-refractivity contribution is 5.94. The standard InChI is InChI=1S/C21H22F4N2O2/c1-12-9-27(10-13(2)29-12)11-15-6-4-3-5-14(15)8-26-21(28)18-19(24)16(22)7-17(23)20(18)25/h3-7,12-13H,8-11H2,1-2H3,(H,26,28)/t12-,13-/m1/s1. The van der Waals surface area contributed by atoms with Crippen LogP contribution >= 0.6 is 0 Å². The lowest BCUT2D eigenvalue weighted by molar-refractivity contribution is -0.0705. The van der Waals surface area contributed by atoms with Crippen LogP contribution in [0.5, 0.6) is 0 Å². The molecule has 1 aliphatic heterocycles. The number of amides is 1. The Morgan fingerprint density at radius 2 is 1.59 bits per heavy atom. The molecular formula is C21H22F4N2O2. The maximum Gasteiger partial charge on any atom is 0.257 e. The minimum Gasteiger partial charge on any atom is -0.373 e. The molecule has 0 bridgehead atoms. The quantitative estimate of drug-likeness (QED) is 0.603. The van der Waals surface area contributed by atoms with E-state index in [1.807, 2.05) is 26.0 Å². The summed E-state index contributed by atoms with van der Waals surface area (Å²) in [4.78, 5) is 14.4. The van der Waals surface area contributed by atoms with Crippen molar-refractivity contribution in [2.75, 3.05) is 13.1 Å². The molecule has 2 aromatic carbocycles. The molecule has 1 N–H and O–H groups in total. The van der Waals surface area contributed by atoms with Crippen LogP contribution in [0.2, 0.25) is 0 Å². The van der Waals surface area contributed by atoms with Crippen LogP contribution < -0.4 is 5.32 Å². The van der Waals surface area contributed by atoms with Gasteiger partial charge in [0.25, 0.3) is 5.91 Å². The van der Waals surface area contributed by atoms with Crippen molar-refractivity contribution in [1.82, 2.24) is 10.2 Å². The van der Waals surface area contributed by atoms with Gasteiger partial charge in [-0.05, 0) is 25.0 Å². The third-order valence-electron chi connectivity index (χ3n) is 4.79. The smallest absolute Gasteiger partial charge is 0.257 e. The molecule has 0 spiro atoms. The summed E-state index contributed by atoms with van der Waals surface area (Å²) in [6, 6.07) is 7.38. The van der Waals surface area contributed by atoms with Crippen molar-refractivity contribution in [2.24, 2.45) is 0 Å². The van der Waals surface area contributed by atoms with Crippen LogP contribution in [0.25, 0.3) is 0 Å². The minimum atomic E-state index is -1.72. The first-order chi connectivity index (χ1) is 13.8. The maximum atomic E-state index is 13.8. The molecule has 8 heteroatoms. The van der Waals surface area contributed by atoms with E-state index in [2.05, 4.69) is 10.2 Å². The first-order valence-corrected chi connectivity index (χ1v) is 9.32. The Morgan fingerprint density at radius 1 is 1.03 bits per heavy atom. The van der Waals surface area contributed by atoms with Crippen molar-refractivity contribution >= 4 is 5.91 Å². The van der Waals surface area contributed by atoms with Gasteiger partial charge < -0.3 is 10.1 Å². The maximum absolute atomic E-state index is 13.8. The fourth-order valence-electron chi connectivity index (χ4n) is 3.58. The predicted octanol–water partition coefficient (Wildman–Crippen LogP) is 3.78. The number of nitrogens with zero attached hydrogens (tertiary/aromatic N) is 1. The van der Waals surface area contributed by atoms with Crippen molar-refractivity contribution in [3.05, 3.63) is 70.3 Å². The molecule has 2 atom stereocenters. The van der Waals surface area contributed by atoms with E-state index in [1.54, 1.807) is 12.1 Å². The highest BCUT2D eigenvalue weighted by Gasteiger charge is 2.25. The summed E-state index contributed by atoms with van der Waals surface area (Å²) in [6.45, 7) is 6.07. The van der Waals surface area contributed by atoms with E-state index in [0.29, 0.717) is 6.54 Å². The zero-order valence-electron chi connectivity index (χ0n) is 16.1. The van der Waals surface area contributed by atoms with Gasteiger partial charge in [-0.15, -0.1) is 0 Å². The fourth-order valence-corrected chi connectivity index (χ4v) is 3.58. The van der Waals surface area contributed by atoms with Gasteiger partial charge in [-0.25, -0.2) is 17.6 Å². The van der Waals surface area contributed by atoms with Gasteiger partial charge in [0.05, 0.1) is 12.2 Å². The van der Waals surface area contributed by atoms with Crippen LogP contribution in [0.1, 0.15) is 35.3 Å². The second-order valence-electron chi connectivity index (χ2n) is 7.25. The molecule has 2 aromatic rings. The lowest BCUT2D eigenvalue weighted by Gasteiger charge is -2.35. The first kappa shape index (κ1) is 21.3. The Balaban J connectivity index is 1.73. The third-order valence-corrected chi connectivity index (χ3v) is 4.79. The van der Waals surface area contributed by atoms with Gasteiger partial charge in [-0.1, -0.05) is 24.3 Å². The van der Waals surface area contributed by atoms with Crippen molar-refractivity contribution < 1.29 is 27.1 Å². The molecule has 29 heavy (non-hydrogen) atoms. The molecule has 1 saturated heterocycles. The van der Waals surface area contributed by atoms with Crippen LogP contribution in [0, 0.1) is 23.3 Å². The molecule has 0 unspecified atom stereocenters. The third kappa shape index (κ3) is 4.94. The van der Waals surface area contributed by atoms with E-state index in [0.717, 1.165) is 24.2 Å². The largest absolute Gasteiger partial charge is 0.373 e. The van der Waals surface area contributed by atoms with Gasteiger partial charge in [-0.2, -0.15) is 0 Å². The predicted molar refractivity (Wildman–Crippen MR) is 99.2 cm³/mol. The number of carbonyl (C=O) groups is 1. The highest BCUT2D eigenvalue weighted by atomic mass is 19.2. The zero-order chi connectivity index (χ0) is 21.1. The van der Waals surface area contributed by atoms with Gasteiger partial charge in [-0.3, -0.25) is 9.69 Å². The minimum absolute atomic E-state index is 0.0402. The number of halogens is 4. The lowest BCUT2D eigenvalue weighted by atomic mass is 10.1. The Labute approximate surface area is 166 Å². The molecule has 0 radical (unpaired) electrons. The number of carbonyl (C=O) groups excluding carboxylic acids is 1. The van der Waals surface area contributed by atoms with E-state index in [1.165, 1.54) is 0 Å². The monoisotopic (exact) mass is 410 g/mol. The molecule has 3 rings (SSSR count). The van der Waals surface area contributed by atoms with Gasteiger partial charge >= 0.3 is 0 Å². The van der Waals surface area contributed by atoms with Gasteiger partial charge in [0.15, 0.2) is 23.3 Å². The van der Waals surface area contributed by atoms with E-state index >= 15 is 0 Å². The summed E-state index contributed by atoms with van der Waals surface area (Å²) in [6.07, 6.45) is 0.193. The average molecular weight is 410 g/mol. The topological polar surface area (TPSA) is 41.6 Å². The molecular weight excluding hydrogens is 388 g/mol. The van der Waals surface area contributed by atoms with Crippen LogP contribution in [0.4, 0.5) is 17.6 Å². The second-order valence-corrected chi connectivity index (χ2v) is 7.25. The van der Waals surface area contributed by atoms with Crippen LogP contribution in [0.3, 0.4) is 0 Å². The fraction of sp³-hybridized carbons (Fsp3) is 0.381. The van der Waals surface area contributed by atoms with E-state index in [9.17, 15) is 22.4 Å². The molecule has 1 aliphatic rings. The van der Waals surface area contributed by atoms with Gasteiger partial charge in [0.2, 0.25) is 0 Å². The number of benzene rings is 2. The zero-order valence-corrected chi connectivity index (χ0v) is 16.1. The molecule has 0 aliphatic carbocycles. The lowest BCUT2D eigenvalue weighted by Crippen LogP contribution is -2.45. The Morgan fingerprint density at radius 3 is 2.17 bits per heavy atom. The Kier molecular flexibility index (Phi) is 6.54. The molecule has 1 fully saturated rings. The average Bonchev–Trinajstić information content (AvgIpc) is 2.65. The van der Waals surface area contributed by atoms with E-state index in [4.69, 9.17) is 4.74 Å². The first-order valence-electron chi connectivity index (χ1n) is 9.32. The van der Waals surface area contributed by atoms with Crippen molar-refractivity contribution in [3.8, 4) is 0 Å². The summed E-state index contributed by atoms with van der Waals surface area (Å²) < 4.78 is 60.1. The number of nitrogens with one attached hydrogen (secondary N) is 1. The Hall–Kier alpha value is -2.45. The van der Waals surface area contributed by atoms with Crippen molar-refractivity contribution in [3.63, 3.8) is 0 Å². The summed E-state index contributed by atoms with van der Waals surface area (Å²) in [7, 11) is 0. The number of morpholine rings is 1. The molecule has 0 saturated carbocycles.